The van der Waals surface area contributed by atoms with Gasteiger partial charge in [-0.25, -0.2) is 4.98 Å². The lowest BCUT2D eigenvalue weighted by atomic mass is 10.1. The molecule has 1 N–H and O–H groups in total. The number of benzene rings is 1. The molecule has 0 spiro atoms. The zero-order valence-corrected chi connectivity index (χ0v) is 13.6. The zero-order valence-electron chi connectivity index (χ0n) is 12.0. The summed E-state index contributed by atoms with van der Waals surface area (Å²) in [7, 11) is 1.64. The van der Waals surface area contributed by atoms with Gasteiger partial charge in [0, 0.05) is 23.5 Å². The molecule has 0 fully saturated rings. The van der Waals surface area contributed by atoms with E-state index in [0.717, 1.165) is 4.47 Å². The van der Waals surface area contributed by atoms with Gasteiger partial charge in [-0.05, 0) is 18.2 Å². The molecule has 1 aromatic carbocycles. The summed E-state index contributed by atoms with van der Waals surface area (Å²) in [6.07, 6.45) is 1.20. The van der Waals surface area contributed by atoms with Gasteiger partial charge in [-0.15, -0.1) is 0 Å². The molecule has 8 heteroatoms. The number of anilines is 1. The number of carboxylic acid groups (broad SMARTS) is 1. The summed E-state index contributed by atoms with van der Waals surface area (Å²) in [6.45, 7) is 1.71. The molecule has 1 heterocycles. The Balaban J connectivity index is 2.61. The molecule has 7 nitrogen and oxygen atoms in total. The maximum absolute atomic E-state index is 11.3. The highest BCUT2D eigenvalue weighted by atomic mass is 79.9. The van der Waals surface area contributed by atoms with Crippen LogP contribution in [0.1, 0.15) is 6.92 Å². The van der Waals surface area contributed by atoms with Crippen molar-refractivity contribution < 1.29 is 14.8 Å². The Hall–Kier alpha value is -2.22. The first kappa shape index (κ1) is 16.2. The highest BCUT2D eigenvalue weighted by Crippen LogP contribution is 2.35. The SMILES string of the molecule is CC(CN(C)c1c([N+](=O)[O-])cnc2ccc(Br)cc12)C(=O)O. The van der Waals surface area contributed by atoms with Crippen molar-refractivity contribution in [2.24, 2.45) is 5.92 Å². The summed E-state index contributed by atoms with van der Waals surface area (Å²) >= 11 is 3.34. The summed E-state index contributed by atoms with van der Waals surface area (Å²) in [6, 6.07) is 5.29. The van der Waals surface area contributed by atoms with Crippen LogP contribution in [0.15, 0.2) is 28.9 Å². The van der Waals surface area contributed by atoms with Gasteiger partial charge in [0.1, 0.15) is 11.9 Å². The van der Waals surface area contributed by atoms with Crippen molar-refractivity contribution in [3.8, 4) is 0 Å². The first-order chi connectivity index (χ1) is 10.3. The second-order valence-corrected chi connectivity index (χ2v) is 5.95. The van der Waals surface area contributed by atoms with E-state index in [1.807, 2.05) is 0 Å². The number of carboxylic acids is 1. The highest BCUT2D eigenvalue weighted by Gasteiger charge is 2.24. The molecule has 0 aliphatic heterocycles. The van der Waals surface area contributed by atoms with Gasteiger partial charge in [-0.1, -0.05) is 22.9 Å². The fourth-order valence-corrected chi connectivity index (χ4v) is 2.62. The smallest absolute Gasteiger partial charge is 0.311 e. The fourth-order valence-electron chi connectivity index (χ4n) is 2.26. The molecule has 0 aliphatic carbocycles. The molecular weight excluding hydrogens is 354 g/mol. The number of rotatable bonds is 5. The van der Waals surface area contributed by atoms with E-state index < -0.39 is 16.8 Å². The van der Waals surface area contributed by atoms with E-state index in [4.69, 9.17) is 5.11 Å². The van der Waals surface area contributed by atoms with Crippen molar-refractivity contribution in [1.29, 1.82) is 0 Å². The number of halogens is 1. The maximum Gasteiger partial charge on any atom is 0.311 e. The minimum atomic E-state index is -0.950. The van der Waals surface area contributed by atoms with Crippen LogP contribution >= 0.6 is 15.9 Å². The van der Waals surface area contributed by atoms with Gasteiger partial charge in [-0.2, -0.15) is 0 Å². The summed E-state index contributed by atoms with van der Waals surface area (Å²) in [4.78, 5) is 27.5. The van der Waals surface area contributed by atoms with E-state index in [2.05, 4.69) is 20.9 Å². The van der Waals surface area contributed by atoms with Crippen LogP contribution in [0.5, 0.6) is 0 Å². The van der Waals surface area contributed by atoms with Gasteiger partial charge in [0.15, 0.2) is 0 Å². The fraction of sp³-hybridized carbons (Fsp3) is 0.286. The molecule has 1 unspecified atom stereocenters. The van der Waals surface area contributed by atoms with Crippen LogP contribution in [0, 0.1) is 16.0 Å². The van der Waals surface area contributed by atoms with Gasteiger partial charge in [0.2, 0.25) is 0 Å². The summed E-state index contributed by atoms with van der Waals surface area (Å²) in [5.74, 6) is -1.60. The molecule has 0 saturated carbocycles. The van der Waals surface area contributed by atoms with Gasteiger partial charge in [-0.3, -0.25) is 14.9 Å². The molecule has 0 amide bonds. The quantitative estimate of drug-likeness (QED) is 0.644. The second kappa shape index (κ2) is 6.27. The van der Waals surface area contributed by atoms with Crippen molar-refractivity contribution in [3.05, 3.63) is 39.0 Å². The number of hydrogen-bond acceptors (Lipinski definition) is 5. The standard InChI is InChI=1S/C14H14BrN3O4/c1-8(14(19)20)7-17(2)13-10-5-9(15)3-4-11(10)16-6-12(13)18(21)22/h3-6,8H,7H2,1-2H3,(H,19,20). The number of nitrogens with zero attached hydrogens (tertiary/aromatic N) is 3. The lowest BCUT2D eigenvalue weighted by Crippen LogP contribution is -2.29. The molecule has 116 valence electrons. The third-order valence-corrected chi connectivity index (χ3v) is 3.82. The topological polar surface area (TPSA) is 96.6 Å². The number of pyridine rings is 1. The summed E-state index contributed by atoms with van der Waals surface area (Å²) in [5, 5.41) is 20.9. The van der Waals surface area contributed by atoms with E-state index in [1.165, 1.54) is 6.20 Å². The van der Waals surface area contributed by atoms with E-state index in [-0.39, 0.29) is 12.2 Å². The Kier molecular flexibility index (Phi) is 4.60. The predicted octanol–water partition coefficient (Wildman–Crippen LogP) is 3.06. The van der Waals surface area contributed by atoms with Gasteiger partial charge >= 0.3 is 11.7 Å². The van der Waals surface area contributed by atoms with Crippen molar-refractivity contribution in [3.63, 3.8) is 0 Å². The molecule has 2 aromatic rings. The lowest BCUT2D eigenvalue weighted by molar-refractivity contribution is -0.384. The van der Waals surface area contributed by atoms with Crippen molar-refractivity contribution in [2.75, 3.05) is 18.5 Å². The summed E-state index contributed by atoms with van der Waals surface area (Å²) in [5.41, 5.74) is 0.828. The van der Waals surface area contributed by atoms with Crippen molar-refractivity contribution in [1.82, 2.24) is 4.98 Å². The normalized spacial score (nSPS) is 12.1. The maximum atomic E-state index is 11.3. The van der Waals surface area contributed by atoms with E-state index in [1.54, 1.807) is 37.1 Å². The van der Waals surface area contributed by atoms with Crippen LogP contribution in [0.3, 0.4) is 0 Å². The number of aliphatic carboxylic acids is 1. The highest BCUT2D eigenvalue weighted by molar-refractivity contribution is 9.10. The minimum absolute atomic E-state index is 0.148. The third-order valence-electron chi connectivity index (χ3n) is 3.33. The van der Waals surface area contributed by atoms with Crippen LogP contribution in [0.2, 0.25) is 0 Å². The minimum Gasteiger partial charge on any atom is -0.481 e. The molecule has 1 atom stereocenters. The number of aromatic nitrogens is 1. The van der Waals surface area contributed by atoms with E-state index >= 15 is 0 Å². The molecule has 0 saturated heterocycles. The number of fused-ring (bicyclic) bond motifs is 1. The third kappa shape index (κ3) is 3.16. The average molecular weight is 368 g/mol. The lowest BCUT2D eigenvalue weighted by Gasteiger charge is -2.22. The molecule has 1 aromatic heterocycles. The molecule has 0 radical (unpaired) electrons. The van der Waals surface area contributed by atoms with Gasteiger partial charge in [0.25, 0.3) is 0 Å². The monoisotopic (exact) mass is 367 g/mol. The zero-order chi connectivity index (χ0) is 16.4. The number of carbonyl (C=O) groups is 1. The first-order valence-corrected chi connectivity index (χ1v) is 7.27. The largest absolute Gasteiger partial charge is 0.481 e. The van der Waals surface area contributed by atoms with Crippen LogP contribution in [0.25, 0.3) is 10.9 Å². The molecular formula is C14H14BrN3O4. The number of nitro groups is 1. The molecule has 0 aliphatic rings. The van der Waals surface area contributed by atoms with Crippen molar-refractivity contribution >= 4 is 44.2 Å². The Morgan fingerprint density at radius 3 is 2.82 bits per heavy atom. The Labute approximate surface area is 134 Å². The first-order valence-electron chi connectivity index (χ1n) is 6.48. The average Bonchev–Trinajstić information content (AvgIpc) is 2.45. The van der Waals surface area contributed by atoms with Crippen LogP contribution in [-0.2, 0) is 4.79 Å². The van der Waals surface area contributed by atoms with E-state index in [9.17, 15) is 14.9 Å². The Bertz CT molecular complexity index is 750. The van der Waals surface area contributed by atoms with Gasteiger partial charge in [0.05, 0.1) is 16.4 Å². The number of hydrogen-bond donors (Lipinski definition) is 1. The van der Waals surface area contributed by atoms with Crippen LogP contribution in [-0.4, -0.2) is 34.6 Å². The predicted molar refractivity (Wildman–Crippen MR) is 86.2 cm³/mol. The molecule has 2 rings (SSSR count). The Morgan fingerprint density at radius 1 is 1.55 bits per heavy atom. The van der Waals surface area contributed by atoms with E-state index in [0.29, 0.717) is 16.6 Å². The van der Waals surface area contributed by atoms with Crippen LogP contribution in [0.4, 0.5) is 11.4 Å². The van der Waals surface area contributed by atoms with Crippen molar-refractivity contribution in [2.45, 2.75) is 6.92 Å². The van der Waals surface area contributed by atoms with Gasteiger partial charge < -0.3 is 10.0 Å². The Morgan fingerprint density at radius 2 is 2.23 bits per heavy atom. The molecule has 0 bridgehead atoms. The second-order valence-electron chi connectivity index (χ2n) is 5.03. The molecule has 22 heavy (non-hydrogen) atoms. The van der Waals surface area contributed by atoms with Crippen LogP contribution < -0.4 is 4.90 Å². The summed E-state index contributed by atoms with van der Waals surface area (Å²) < 4.78 is 0.767.